The Balaban J connectivity index is 1.92. The van der Waals surface area contributed by atoms with Gasteiger partial charge in [0, 0.05) is 46.7 Å². The Labute approximate surface area is 259 Å². The molecule has 45 heavy (non-hydrogen) atoms. The molecular formula is C30H38FN7O7. The summed E-state index contributed by atoms with van der Waals surface area (Å²) in [5, 5.41) is 12.4. The fourth-order valence-electron chi connectivity index (χ4n) is 4.34. The van der Waals surface area contributed by atoms with Crippen molar-refractivity contribution in [2.75, 3.05) is 33.5 Å². The zero-order valence-electron chi connectivity index (χ0n) is 26.3. The molecule has 3 rings (SSSR count). The van der Waals surface area contributed by atoms with Crippen LogP contribution in [-0.2, 0) is 27.3 Å². The highest BCUT2D eigenvalue weighted by Gasteiger charge is 2.26. The van der Waals surface area contributed by atoms with Crippen LogP contribution < -0.4 is 10.9 Å². The number of benzene rings is 1. The average Bonchev–Trinajstić information content (AvgIpc) is 3.29. The summed E-state index contributed by atoms with van der Waals surface area (Å²) < 4.78 is 21.8. The highest BCUT2D eigenvalue weighted by molar-refractivity contribution is 5.94. The first-order valence-electron chi connectivity index (χ1n) is 14.0. The lowest BCUT2D eigenvalue weighted by Gasteiger charge is -2.19. The number of aromatic nitrogens is 4. The average molecular weight is 628 g/mol. The Morgan fingerprint density at radius 3 is 2.42 bits per heavy atom. The predicted molar refractivity (Wildman–Crippen MR) is 164 cm³/mol. The van der Waals surface area contributed by atoms with Crippen LogP contribution >= 0.6 is 0 Å². The van der Waals surface area contributed by atoms with Gasteiger partial charge < -0.3 is 29.5 Å². The lowest BCUT2D eigenvalue weighted by Crippen LogP contribution is -2.38. The van der Waals surface area contributed by atoms with Gasteiger partial charge in [0.2, 0.25) is 5.91 Å². The Morgan fingerprint density at radius 1 is 1.13 bits per heavy atom. The number of likely N-dealkylation sites (N-methyl/N-ethyl adjacent to an activating group) is 1. The summed E-state index contributed by atoms with van der Waals surface area (Å²) >= 11 is 0. The number of carboxylic acid groups (broad SMARTS) is 1. The molecule has 3 aromatic rings. The summed E-state index contributed by atoms with van der Waals surface area (Å²) in [7, 11) is 6.05. The van der Waals surface area contributed by atoms with Crippen molar-refractivity contribution in [3.8, 4) is 0 Å². The SMILES string of the molecule is CN(C)C(=O)C=CCCC(OC(=O)N(C)C)C(=O)Nc1nccn(Cc2nc3c(CC(C)(C)C)cc(F)cc3n2C(=O)O)c1=O. The molecule has 1 atom stereocenters. The molecular weight excluding hydrogens is 589 g/mol. The van der Waals surface area contributed by atoms with E-state index >= 15 is 0 Å². The number of ether oxygens (including phenoxy) is 1. The molecule has 3 amide bonds. The van der Waals surface area contributed by atoms with Crippen LogP contribution in [0.4, 0.5) is 19.8 Å². The van der Waals surface area contributed by atoms with E-state index in [0.717, 1.165) is 20.1 Å². The number of allylic oxidation sites excluding steroid dienone is 1. The lowest BCUT2D eigenvalue weighted by molar-refractivity contribution is -0.125. The van der Waals surface area contributed by atoms with Gasteiger partial charge in [-0.25, -0.2) is 28.5 Å². The molecule has 15 heteroatoms. The number of hydrogen-bond acceptors (Lipinski definition) is 8. The van der Waals surface area contributed by atoms with E-state index in [9.17, 15) is 33.5 Å². The molecule has 2 aromatic heterocycles. The fourth-order valence-corrected chi connectivity index (χ4v) is 4.34. The zero-order chi connectivity index (χ0) is 33.6. The molecule has 0 aliphatic rings. The maximum Gasteiger partial charge on any atom is 0.417 e. The van der Waals surface area contributed by atoms with Gasteiger partial charge in [0.1, 0.15) is 11.6 Å². The number of amides is 3. The van der Waals surface area contributed by atoms with Gasteiger partial charge in [0.05, 0.1) is 17.6 Å². The van der Waals surface area contributed by atoms with Gasteiger partial charge in [-0.2, -0.15) is 0 Å². The van der Waals surface area contributed by atoms with Gasteiger partial charge in [-0.15, -0.1) is 0 Å². The number of carbonyl (C=O) groups excluding carboxylic acids is 3. The lowest BCUT2D eigenvalue weighted by atomic mass is 9.87. The van der Waals surface area contributed by atoms with Crippen molar-refractivity contribution in [3.63, 3.8) is 0 Å². The van der Waals surface area contributed by atoms with Crippen molar-refractivity contribution < 1.29 is 33.4 Å². The van der Waals surface area contributed by atoms with Crippen molar-refractivity contribution >= 4 is 40.9 Å². The van der Waals surface area contributed by atoms with Gasteiger partial charge >= 0.3 is 12.2 Å². The van der Waals surface area contributed by atoms with Crippen LogP contribution in [0.5, 0.6) is 0 Å². The highest BCUT2D eigenvalue weighted by Crippen LogP contribution is 2.28. The third kappa shape index (κ3) is 8.97. The minimum atomic E-state index is -1.41. The number of carbonyl (C=O) groups is 4. The van der Waals surface area contributed by atoms with Crippen LogP contribution in [0.3, 0.4) is 0 Å². The second-order valence-corrected chi connectivity index (χ2v) is 12.0. The maximum atomic E-state index is 14.6. The highest BCUT2D eigenvalue weighted by atomic mass is 19.1. The van der Waals surface area contributed by atoms with Crippen LogP contribution in [0, 0.1) is 11.2 Å². The van der Waals surface area contributed by atoms with Crippen LogP contribution in [-0.4, -0.2) is 92.3 Å². The van der Waals surface area contributed by atoms with Gasteiger partial charge in [-0.3, -0.25) is 14.4 Å². The molecule has 0 radical (unpaired) electrons. The Hall–Kier alpha value is -5.08. The van der Waals surface area contributed by atoms with E-state index in [1.54, 1.807) is 14.1 Å². The van der Waals surface area contributed by atoms with E-state index in [1.807, 2.05) is 20.8 Å². The Kier molecular flexibility index (Phi) is 10.8. The second-order valence-electron chi connectivity index (χ2n) is 12.0. The van der Waals surface area contributed by atoms with Gasteiger partial charge in [0.15, 0.2) is 11.9 Å². The third-order valence-electron chi connectivity index (χ3n) is 6.45. The van der Waals surface area contributed by atoms with E-state index in [-0.39, 0.29) is 42.0 Å². The summed E-state index contributed by atoms with van der Waals surface area (Å²) in [5.41, 5.74) is -0.176. The Bertz CT molecular complexity index is 1690. The van der Waals surface area contributed by atoms with Crippen molar-refractivity contribution in [2.24, 2.45) is 5.41 Å². The number of hydrogen-bond donors (Lipinski definition) is 2. The van der Waals surface area contributed by atoms with Crippen LogP contribution in [0.25, 0.3) is 11.0 Å². The van der Waals surface area contributed by atoms with E-state index in [4.69, 9.17) is 4.74 Å². The molecule has 2 N–H and O–H groups in total. The van der Waals surface area contributed by atoms with E-state index < -0.39 is 41.4 Å². The molecule has 1 unspecified atom stereocenters. The minimum Gasteiger partial charge on any atom is -0.464 e. The minimum absolute atomic E-state index is 0.000257. The smallest absolute Gasteiger partial charge is 0.417 e. The molecule has 14 nitrogen and oxygen atoms in total. The van der Waals surface area contributed by atoms with E-state index in [0.29, 0.717) is 17.5 Å². The largest absolute Gasteiger partial charge is 0.464 e. The molecule has 0 spiro atoms. The first kappa shape index (κ1) is 34.4. The van der Waals surface area contributed by atoms with Gasteiger partial charge in [-0.05, 0) is 42.4 Å². The normalized spacial score (nSPS) is 12.3. The quantitative estimate of drug-likeness (QED) is 0.320. The van der Waals surface area contributed by atoms with E-state index in [1.165, 1.54) is 49.6 Å². The summed E-state index contributed by atoms with van der Waals surface area (Å²) in [6, 6.07) is 2.39. The fraction of sp³-hybridized carbons (Fsp3) is 0.433. The molecule has 0 aliphatic carbocycles. The predicted octanol–water partition coefficient (Wildman–Crippen LogP) is 3.33. The number of rotatable bonds is 10. The molecule has 0 saturated carbocycles. The van der Waals surface area contributed by atoms with Crippen molar-refractivity contribution in [1.29, 1.82) is 0 Å². The second kappa shape index (κ2) is 14.1. The number of imidazole rings is 1. The van der Waals surface area contributed by atoms with Crippen LogP contribution in [0.15, 0.2) is 41.5 Å². The molecule has 242 valence electrons. The summed E-state index contributed by atoms with van der Waals surface area (Å²) in [6.07, 6.45) is 2.46. The van der Waals surface area contributed by atoms with Gasteiger partial charge in [-0.1, -0.05) is 26.8 Å². The molecule has 1 aromatic carbocycles. The van der Waals surface area contributed by atoms with Crippen molar-refractivity contribution in [3.05, 3.63) is 64.2 Å². The molecule has 0 saturated heterocycles. The van der Waals surface area contributed by atoms with Crippen molar-refractivity contribution in [2.45, 2.75) is 52.7 Å². The first-order valence-corrected chi connectivity index (χ1v) is 14.0. The summed E-state index contributed by atoms with van der Waals surface area (Å²) in [4.78, 5) is 73.7. The monoisotopic (exact) mass is 627 g/mol. The number of anilines is 1. The third-order valence-corrected chi connectivity index (χ3v) is 6.45. The molecule has 0 aliphatic heterocycles. The standard InChI is InChI=1S/C30H38FN7O7/c1-30(2,3)16-18-14-19(31)15-20-24(18)33-22(38(20)28(42)43)17-37-13-12-32-25(27(37)41)34-26(40)21(45-29(44)36(6)7)10-8-9-11-23(39)35(4)5/h9,11-15,21H,8,10,16-17H2,1-7H3,(H,42,43)(H,32,34,40). The molecule has 2 heterocycles. The topological polar surface area (TPSA) is 169 Å². The summed E-state index contributed by atoms with van der Waals surface area (Å²) in [5.74, 6) is -2.17. The van der Waals surface area contributed by atoms with Crippen LogP contribution in [0.2, 0.25) is 0 Å². The van der Waals surface area contributed by atoms with Crippen molar-refractivity contribution in [1.82, 2.24) is 28.9 Å². The van der Waals surface area contributed by atoms with E-state index in [2.05, 4.69) is 15.3 Å². The maximum absolute atomic E-state index is 14.6. The number of nitrogens with zero attached hydrogens (tertiary/aromatic N) is 6. The molecule has 0 bridgehead atoms. The number of halogens is 1. The Morgan fingerprint density at radius 2 is 1.82 bits per heavy atom. The number of nitrogens with one attached hydrogen (secondary N) is 1. The molecule has 0 fully saturated rings. The zero-order valence-corrected chi connectivity index (χ0v) is 26.3. The van der Waals surface area contributed by atoms with Gasteiger partial charge in [0.25, 0.3) is 11.5 Å². The van der Waals surface area contributed by atoms with Crippen LogP contribution in [0.1, 0.15) is 45.0 Å². The first-order chi connectivity index (χ1) is 21.0. The summed E-state index contributed by atoms with van der Waals surface area (Å²) in [6.45, 7) is 5.53. The number of fused-ring (bicyclic) bond motifs is 1.